The molecular formula is C22H28N6O3S. The van der Waals surface area contributed by atoms with Crippen LogP contribution in [0.2, 0.25) is 0 Å². The molecule has 3 heterocycles. The van der Waals surface area contributed by atoms with Gasteiger partial charge in [0.2, 0.25) is 12.1 Å². The first-order valence-electron chi connectivity index (χ1n) is 10.7. The van der Waals surface area contributed by atoms with E-state index < -0.39 is 6.23 Å². The van der Waals surface area contributed by atoms with Crippen LogP contribution in [0.4, 0.5) is 0 Å². The van der Waals surface area contributed by atoms with Gasteiger partial charge in [-0.15, -0.1) is 16.4 Å². The fraction of sp³-hybridized carbons (Fsp3) is 0.500. The van der Waals surface area contributed by atoms with E-state index in [2.05, 4.69) is 15.5 Å². The Bertz CT molecular complexity index is 994. The van der Waals surface area contributed by atoms with Gasteiger partial charge in [-0.1, -0.05) is 18.2 Å². The Hall–Kier alpha value is -2.85. The molecule has 10 heteroatoms. The van der Waals surface area contributed by atoms with Crippen molar-refractivity contribution in [2.24, 2.45) is 0 Å². The minimum absolute atomic E-state index is 0.0493. The minimum Gasteiger partial charge on any atom is -0.463 e. The number of para-hydroxylation sites is 1. The van der Waals surface area contributed by atoms with E-state index in [-0.39, 0.29) is 18.1 Å². The molecule has 3 aromatic rings. The van der Waals surface area contributed by atoms with Gasteiger partial charge in [0.15, 0.2) is 0 Å². The number of piperidine rings is 1. The molecular weight excluding hydrogens is 428 g/mol. The molecule has 1 amide bonds. The fourth-order valence-electron chi connectivity index (χ4n) is 3.50. The predicted molar refractivity (Wildman–Crippen MR) is 119 cm³/mol. The number of hydrogen-bond acceptors (Lipinski definition) is 8. The quantitative estimate of drug-likeness (QED) is 0.538. The first-order valence-corrected chi connectivity index (χ1v) is 11.6. The van der Waals surface area contributed by atoms with Gasteiger partial charge in [-0.3, -0.25) is 4.79 Å². The molecule has 1 unspecified atom stereocenters. The van der Waals surface area contributed by atoms with E-state index in [9.17, 15) is 4.79 Å². The van der Waals surface area contributed by atoms with E-state index in [1.54, 1.807) is 16.0 Å². The third-order valence-corrected chi connectivity index (χ3v) is 6.24. The number of nitrogens with zero attached hydrogens (tertiary/aromatic N) is 6. The average Bonchev–Trinajstić information content (AvgIpc) is 3.49. The molecule has 0 N–H and O–H groups in total. The van der Waals surface area contributed by atoms with Crippen LogP contribution in [0.15, 0.2) is 42.0 Å². The Morgan fingerprint density at radius 3 is 2.62 bits per heavy atom. The van der Waals surface area contributed by atoms with Crippen molar-refractivity contribution in [1.82, 2.24) is 30.1 Å². The van der Waals surface area contributed by atoms with Gasteiger partial charge in [-0.2, -0.15) is 4.68 Å². The molecule has 32 heavy (non-hydrogen) atoms. The molecule has 0 saturated carbocycles. The van der Waals surface area contributed by atoms with Crippen molar-refractivity contribution >= 4 is 17.2 Å². The molecule has 1 fully saturated rings. The fourth-order valence-corrected chi connectivity index (χ4v) is 4.50. The van der Waals surface area contributed by atoms with Gasteiger partial charge in [0, 0.05) is 24.4 Å². The van der Waals surface area contributed by atoms with E-state index in [0.29, 0.717) is 24.8 Å². The number of carbonyl (C=O) groups is 1. The Kier molecular flexibility index (Phi) is 6.80. The van der Waals surface area contributed by atoms with Crippen LogP contribution < -0.4 is 4.74 Å². The van der Waals surface area contributed by atoms with Crippen LogP contribution in [0.3, 0.4) is 0 Å². The minimum atomic E-state index is -0.548. The first-order chi connectivity index (χ1) is 15.4. The zero-order valence-electron chi connectivity index (χ0n) is 18.5. The number of amides is 1. The molecule has 1 aliphatic rings. The summed E-state index contributed by atoms with van der Waals surface area (Å²) in [5, 5.41) is 14.5. The van der Waals surface area contributed by atoms with E-state index >= 15 is 0 Å². The summed E-state index contributed by atoms with van der Waals surface area (Å²) in [7, 11) is 0. The number of likely N-dealkylation sites (tertiary alicyclic amines) is 1. The number of rotatable bonds is 7. The van der Waals surface area contributed by atoms with E-state index in [4.69, 9.17) is 14.5 Å². The summed E-state index contributed by atoms with van der Waals surface area (Å²) in [5.41, 5.74) is 0.446. The van der Waals surface area contributed by atoms with Gasteiger partial charge in [0.05, 0.1) is 10.6 Å². The number of tetrazole rings is 1. The normalized spacial score (nSPS) is 16.2. The van der Waals surface area contributed by atoms with Gasteiger partial charge in [-0.25, -0.2) is 4.98 Å². The Labute approximate surface area is 191 Å². The number of carbonyl (C=O) groups excluding carboxylic acids is 1. The summed E-state index contributed by atoms with van der Waals surface area (Å²) in [5.74, 6) is 1.08. The van der Waals surface area contributed by atoms with Crippen molar-refractivity contribution in [2.45, 2.75) is 51.4 Å². The van der Waals surface area contributed by atoms with Crippen LogP contribution >= 0.6 is 11.3 Å². The van der Waals surface area contributed by atoms with Crippen LogP contribution in [-0.4, -0.2) is 61.3 Å². The zero-order chi connectivity index (χ0) is 22.6. The number of ether oxygens (including phenoxy) is 2. The van der Waals surface area contributed by atoms with Crippen LogP contribution in [0, 0.1) is 0 Å². The maximum atomic E-state index is 12.4. The molecule has 1 aromatic carbocycles. The summed E-state index contributed by atoms with van der Waals surface area (Å²) in [6.07, 6.45) is 2.73. The van der Waals surface area contributed by atoms with Gasteiger partial charge in [0.25, 0.3) is 0 Å². The highest BCUT2D eigenvalue weighted by atomic mass is 32.1. The highest BCUT2D eigenvalue weighted by Gasteiger charge is 2.28. The molecule has 9 nitrogen and oxygen atoms in total. The van der Waals surface area contributed by atoms with Gasteiger partial charge in [0.1, 0.15) is 24.4 Å². The lowest BCUT2D eigenvalue weighted by Crippen LogP contribution is -2.41. The summed E-state index contributed by atoms with van der Waals surface area (Å²) in [6, 6.07) is 9.55. The molecule has 0 radical (unpaired) electrons. The molecule has 1 saturated heterocycles. The second-order valence-corrected chi connectivity index (χ2v) is 9.63. The van der Waals surface area contributed by atoms with Crippen LogP contribution in [0.5, 0.6) is 5.75 Å². The van der Waals surface area contributed by atoms with Gasteiger partial charge >= 0.3 is 0 Å². The summed E-state index contributed by atoms with van der Waals surface area (Å²) in [4.78, 5) is 19.2. The zero-order valence-corrected chi connectivity index (χ0v) is 19.4. The molecule has 0 aliphatic carbocycles. The summed E-state index contributed by atoms with van der Waals surface area (Å²) >= 11 is 1.61. The van der Waals surface area contributed by atoms with Crippen molar-refractivity contribution in [1.29, 1.82) is 0 Å². The van der Waals surface area contributed by atoms with Crippen LogP contribution in [0.1, 0.15) is 56.5 Å². The molecule has 1 atom stereocenters. The number of aromatic nitrogens is 5. The van der Waals surface area contributed by atoms with Gasteiger partial charge < -0.3 is 14.4 Å². The van der Waals surface area contributed by atoms with E-state index in [1.807, 2.05) is 61.4 Å². The molecule has 170 valence electrons. The Morgan fingerprint density at radius 2 is 1.97 bits per heavy atom. The third-order valence-electron chi connectivity index (χ3n) is 5.21. The second kappa shape index (κ2) is 9.74. The second-order valence-electron chi connectivity index (χ2n) is 8.74. The smallest absolute Gasteiger partial charge is 0.248 e. The maximum Gasteiger partial charge on any atom is 0.248 e. The van der Waals surface area contributed by atoms with Gasteiger partial charge in [-0.05, 0) is 56.2 Å². The first kappa shape index (κ1) is 22.3. The summed E-state index contributed by atoms with van der Waals surface area (Å²) < 4.78 is 13.3. The van der Waals surface area contributed by atoms with Crippen LogP contribution in [0.25, 0.3) is 0 Å². The lowest BCUT2D eigenvalue weighted by molar-refractivity contribution is -0.142. The lowest BCUT2D eigenvalue weighted by Gasteiger charge is -2.32. The molecule has 0 spiro atoms. The Morgan fingerprint density at radius 1 is 1.22 bits per heavy atom. The van der Waals surface area contributed by atoms with E-state index in [1.165, 1.54) is 6.33 Å². The standard InChI is InChI=1S/C22H28N6O3S/c1-22(2,3)30-13-19(29)27-11-9-16(10-12-27)20-24-18(14-32-20)21(28-15-23-25-26-28)31-17-7-5-4-6-8-17/h4-8,14-16,21H,9-13H2,1-3H3. The molecule has 1 aliphatic heterocycles. The number of hydrogen-bond donors (Lipinski definition) is 0. The van der Waals surface area contributed by atoms with Crippen molar-refractivity contribution in [3.05, 3.63) is 52.7 Å². The van der Waals surface area contributed by atoms with E-state index in [0.717, 1.165) is 23.5 Å². The highest BCUT2D eigenvalue weighted by Crippen LogP contribution is 2.33. The van der Waals surface area contributed by atoms with Crippen molar-refractivity contribution < 1.29 is 14.3 Å². The van der Waals surface area contributed by atoms with Crippen LogP contribution in [-0.2, 0) is 9.53 Å². The maximum absolute atomic E-state index is 12.4. The topological polar surface area (TPSA) is 95.3 Å². The van der Waals surface area contributed by atoms with Crippen molar-refractivity contribution in [3.63, 3.8) is 0 Å². The molecule has 4 rings (SSSR count). The SMILES string of the molecule is CC(C)(C)OCC(=O)N1CCC(c2nc(C(Oc3ccccc3)n3cnnn3)cs2)CC1. The van der Waals surface area contributed by atoms with Crippen molar-refractivity contribution in [2.75, 3.05) is 19.7 Å². The van der Waals surface area contributed by atoms with Crippen molar-refractivity contribution in [3.8, 4) is 5.75 Å². The monoisotopic (exact) mass is 456 g/mol. The number of thiazole rings is 1. The highest BCUT2D eigenvalue weighted by molar-refractivity contribution is 7.09. The molecule has 0 bridgehead atoms. The summed E-state index contributed by atoms with van der Waals surface area (Å²) in [6.45, 7) is 7.41. The lowest BCUT2D eigenvalue weighted by atomic mass is 9.97. The predicted octanol–water partition coefficient (Wildman–Crippen LogP) is 3.28. The largest absolute Gasteiger partial charge is 0.463 e. The number of benzene rings is 1. The average molecular weight is 457 g/mol. The molecule has 2 aromatic heterocycles. The third kappa shape index (κ3) is 5.68. The Balaban J connectivity index is 1.40.